The summed E-state index contributed by atoms with van der Waals surface area (Å²) in [5.74, 6) is 0. The first-order valence-corrected chi connectivity index (χ1v) is 8.27. The van der Waals surface area contributed by atoms with Crippen molar-refractivity contribution >= 4 is 25.0 Å². The van der Waals surface area contributed by atoms with Crippen molar-refractivity contribution in [1.29, 1.82) is 0 Å². The van der Waals surface area contributed by atoms with E-state index < -0.39 is 14.3 Å². The third kappa shape index (κ3) is 2.66. The normalized spacial score (nSPS) is 18.2. The zero-order valence-corrected chi connectivity index (χ0v) is 11.3. The Balaban J connectivity index is 1.75. The van der Waals surface area contributed by atoms with Gasteiger partial charge >= 0.3 is 7.12 Å². The molecule has 1 heterocycles. The Morgan fingerprint density at radius 2 is 1.37 bits per heavy atom. The maximum absolute atomic E-state index is 12.8. The van der Waals surface area contributed by atoms with E-state index in [0.717, 1.165) is 10.8 Å². The second kappa shape index (κ2) is 5.34. The molecule has 0 unspecified atom stereocenters. The highest BCUT2D eigenvalue weighted by atomic mass is 31.2. The van der Waals surface area contributed by atoms with Crippen molar-refractivity contribution in [2.45, 2.75) is 0 Å². The fourth-order valence-corrected chi connectivity index (χ4v) is 3.95. The molecule has 0 aromatic heterocycles. The molecule has 0 aliphatic carbocycles. The van der Waals surface area contributed by atoms with Crippen LogP contribution in [0, 0.1) is 0 Å². The third-order valence-corrected chi connectivity index (χ3v) is 5.54. The predicted octanol–water partition coefficient (Wildman–Crippen LogP) is 2.03. The highest BCUT2D eigenvalue weighted by Crippen LogP contribution is 2.46. The minimum absolute atomic E-state index is 0.233. The minimum atomic E-state index is -2.57. The first kappa shape index (κ1) is 12.7. The molecule has 2 aromatic rings. The van der Waals surface area contributed by atoms with Gasteiger partial charge in [0.15, 0.2) is 7.14 Å². The zero-order valence-electron chi connectivity index (χ0n) is 10.4. The Morgan fingerprint density at radius 1 is 0.842 bits per heavy atom. The van der Waals surface area contributed by atoms with Gasteiger partial charge in [-0.2, -0.15) is 0 Å². The van der Waals surface area contributed by atoms with Crippen molar-refractivity contribution < 1.29 is 13.9 Å². The standard InChI is InChI=1S/C14H14BO3P/c16-19(14-9-5-2-6-10-14)11-17-15(18-12-19)13-7-3-1-4-8-13/h1-10H,11-12H2. The lowest BCUT2D eigenvalue weighted by Crippen LogP contribution is -2.41. The summed E-state index contributed by atoms with van der Waals surface area (Å²) in [7, 11) is -2.98. The van der Waals surface area contributed by atoms with E-state index in [-0.39, 0.29) is 12.7 Å². The Hall–Kier alpha value is -1.35. The number of hydrogen-bond donors (Lipinski definition) is 0. The summed E-state index contributed by atoms with van der Waals surface area (Å²) in [6, 6.07) is 19.1. The molecule has 0 N–H and O–H groups in total. The van der Waals surface area contributed by atoms with Gasteiger partial charge in [-0.3, -0.25) is 0 Å². The van der Waals surface area contributed by atoms with Gasteiger partial charge < -0.3 is 13.9 Å². The summed E-state index contributed by atoms with van der Waals surface area (Å²) in [5, 5.41) is 0.821. The van der Waals surface area contributed by atoms with E-state index in [1.165, 1.54) is 0 Å². The van der Waals surface area contributed by atoms with Gasteiger partial charge in [0.25, 0.3) is 0 Å². The van der Waals surface area contributed by atoms with Gasteiger partial charge in [0.1, 0.15) is 0 Å². The first-order valence-electron chi connectivity index (χ1n) is 6.20. The molecule has 0 atom stereocenters. The Bertz CT molecular complexity index is 576. The summed E-state index contributed by atoms with van der Waals surface area (Å²) in [6.45, 7) is 0. The summed E-state index contributed by atoms with van der Waals surface area (Å²) >= 11 is 0. The first-order chi connectivity index (χ1) is 9.28. The van der Waals surface area contributed by atoms with Gasteiger partial charge in [0.2, 0.25) is 0 Å². The van der Waals surface area contributed by atoms with Crippen LogP contribution >= 0.6 is 7.14 Å². The second-order valence-corrected chi connectivity index (χ2v) is 7.37. The molecule has 0 bridgehead atoms. The smallest absolute Gasteiger partial charge is 0.400 e. The number of benzene rings is 2. The molecule has 96 valence electrons. The molecule has 0 radical (unpaired) electrons. The van der Waals surface area contributed by atoms with Crippen molar-refractivity contribution in [3.05, 3.63) is 60.7 Å². The zero-order chi connectivity index (χ0) is 13.1. The molecule has 0 saturated carbocycles. The second-order valence-electron chi connectivity index (χ2n) is 4.56. The lowest BCUT2D eigenvalue weighted by Gasteiger charge is -2.28. The average molecular weight is 272 g/mol. The molecule has 0 spiro atoms. The van der Waals surface area contributed by atoms with Crippen LogP contribution in [0.5, 0.6) is 0 Å². The molecule has 3 nitrogen and oxygen atoms in total. The SMILES string of the molecule is O=P1(c2ccccc2)COB(c2ccccc2)OC1. The van der Waals surface area contributed by atoms with E-state index in [4.69, 9.17) is 9.31 Å². The molecule has 1 saturated heterocycles. The van der Waals surface area contributed by atoms with Crippen molar-refractivity contribution in [3.8, 4) is 0 Å². The maximum atomic E-state index is 12.8. The monoisotopic (exact) mass is 272 g/mol. The van der Waals surface area contributed by atoms with Crippen LogP contribution in [0.1, 0.15) is 0 Å². The molecule has 19 heavy (non-hydrogen) atoms. The van der Waals surface area contributed by atoms with Crippen LogP contribution in [-0.2, 0) is 13.9 Å². The molecule has 5 heteroatoms. The molecule has 1 aliphatic rings. The molecule has 1 fully saturated rings. The van der Waals surface area contributed by atoms with E-state index in [2.05, 4.69) is 0 Å². The van der Waals surface area contributed by atoms with E-state index in [0.29, 0.717) is 0 Å². The minimum Gasteiger partial charge on any atom is -0.400 e. The van der Waals surface area contributed by atoms with Gasteiger partial charge in [-0.1, -0.05) is 60.7 Å². The van der Waals surface area contributed by atoms with E-state index in [1.807, 2.05) is 60.7 Å². The van der Waals surface area contributed by atoms with Crippen LogP contribution in [0.25, 0.3) is 0 Å². The van der Waals surface area contributed by atoms with Gasteiger partial charge in [0.05, 0.1) is 12.7 Å². The van der Waals surface area contributed by atoms with Crippen molar-refractivity contribution in [2.24, 2.45) is 0 Å². The van der Waals surface area contributed by atoms with E-state index >= 15 is 0 Å². The van der Waals surface area contributed by atoms with Gasteiger partial charge in [-0.15, -0.1) is 0 Å². The largest absolute Gasteiger partial charge is 0.494 e. The van der Waals surface area contributed by atoms with Crippen LogP contribution in [-0.4, -0.2) is 19.8 Å². The van der Waals surface area contributed by atoms with Gasteiger partial charge in [0, 0.05) is 5.30 Å². The van der Waals surface area contributed by atoms with Gasteiger partial charge in [-0.25, -0.2) is 0 Å². The van der Waals surface area contributed by atoms with Crippen molar-refractivity contribution in [1.82, 2.24) is 0 Å². The summed E-state index contributed by atoms with van der Waals surface area (Å²) in [4.78, 5) is 0. The van der Waals surface area contributed by atoms with Crippen LogP contribution in [0.4, 0.5) is 0 Å². The molecular formula is C14H14BO3P. The van der Waals surface area contributed by atoms with E-state index in [9.17, 15) is 4.57 Å². The average Bonchev–Trinajstić information content (AvgIpc) is 2.50. The van der Waals surface area contributed by atoms with Crippen LogP contribution in [0.15, 0.2) is 60.7 Å². The molecule has 1 aliphatic heterocycles. The Morgan fingerprint density at radius 3 is 1.95 bits per heavy atom. The van der Waals surface area contributed by atoms with Crippen LogP contribution in [0.3, 0.4) is 0 Å². The quantitative estimate of drug-likeness (QED) is 0.620. The summed E-state index contributed by atoms with van der Waals surface area (Å²) in [5.41, 5.74) is 0.960. The predicted molar refractivity (Wildman–Crippen MR) is 77.4 cm³/mol. The topological polar surface area (TPSA) is 35.5 Å². The fraction of sp³-hybridized carbons (Fsp3) is 0.143. The van der Waals surface area contributed by atoms with Crippen LogP contribution in [0.2, 0.25) is 0 Å². The van der Waals surface area contributed by atoms with Crippen LogP contribution < -0.4 is 10.8 Å². The molecule has 2 aromatic carbocycles. The van der Waals surface area contributed by atoms with E-state index in [1.54, 1.807) is 0 Å². The Labute approximate surface area is 113 Å². The fourth-order valence-electron chi connectivity index (χ4n) is 2.11. The van der Waals surface area contributed by atoms with Gasteiger partial charge in [-0.05, 0) is 5.46 Å². The summed E-state index contributed by atoms with van der Waals surface area (Å²) in [6.07, 6.45) is 0.465. The summed E-state index contributed by atoms with van der Waals surface area (Å²) < 4.78 is 24.1. The highest BCUT2D eigenvalue weighted by Gasteiger charge is 2.36. The lowest BCUT2D eigenvalue weighted by atomic mass is 9.79. The number of rotatable bonds is 2. The Kier molecular flexibility index (Phi) is 3.56. The molecular weight excluding hydrogens is 258 g/mol. The molecule has 0 amide bonds. The number of hydrogen-bond acceptors (Lipinski definition) is 3. The maximum Gasteiger partial charge on any atom is 0.494 e. The van der Waals surface area contributed by atoms with Crippen molar-refractivity contribution in [3.63, 3.8) is 0 Å². The highest BCUT2D eigenvalue weighted by molar-refractivity contribution is 7.71. The lowest BCUT2D eigenvalue weighted by molar-refractivity contribution is 0.235. The van der Waals surface area contributed by atoms with Crippen molar-refractivity contribution in [2.75, 3.05) is 12.7 Å². The molecule has 3 rings (SSSR count). The third-order valence-electron chi connectivity index (χ3n) is 3.17.